The number of ether oxygens (including phenoxy) is 1. The summed E-state index contributed by atoms with van der Waals surface area (Å²) in [5.74, 6) is -1.50. The molecular weight excluding hydrogens is 340 g/mol. The molecule has 4 N–H and O–H groups in total. The van der Waals surface area contributed by atoms with Crippen molar-refractivity contribution in [2.24, 2.45) is 0 Å². The highest BCUT2D eigenvalue weighted by Crippen LogP contribution is 2.47. The zero-order valence-electron chi connectivity index (χ0n) is 13.7. The number of nitrogens with zero attached hydrogens (tertiary/aromatic N) is 3. The lowest BCUT2D eigenvalue weighted by Crippen LogP contribution is -2.47. The van der Waals surface area contributed by atoms with E-state index >= 15 is 0 Å². The number of hydrogen-bond donors (Lipinski definition) is 4. The number of aromatic nitrogens is 4. The van der Waals surface area contributed by atoms with Crippen LogP contribution in [0.25, 0.3) is 11.2 Å². The van der Waals surface area contributed by atoms with Crippen molar-refractivity contribution in [1.29, 1.82) is 0 Å². The van der Waals surface area contributed by atoms with Crippen LogP contribution in [0.3, 0.4) is 0 Å². The van der Waals surface area contributed by atoms with Crippen molar-refractivity contribution in [2.75, 3.05) is 18.5 Å². The molecule has 0 radical (unpaired) electrons. The zero-order valence-corrected chi connectivity index (χ0v) is 12.7. The number of alkyl halides is 2. The smallest absolute Gasteiger partial charge is 0.280 e. The number of rotatable bonds is 4. The number of terminal acetylenes is 1. The molecule has 3 heterocycles. The van der Waals surface area contributed by atoms with Gasteiger partial charge in [0.05, 0.1) is 6.33 Å². The Morgan fingerprint density at radius 1 is 1.72 bits per heavy atom. The van der Waals surface area contributed by atoms with Crippen LogP contribution in [-0.2, 0) is 4.74 Å². The number of imidazole rings is 1. The van der Waals surface area contributed by atoms with Gasteiger partial charge in [-0.3, -0.25) is 14.3 Å². The predicted octanol–water partition coefficient (Wildman–Crippen LogP) is -0.559. The third kappa shape index (κ3) is 2.38. The number of halogens is 2. The van der Waals surface area contributed by atoms with Crippen molar-refractivity contribution in [2.45, 2.75) is 30.8 Å². The first-order valence-electron chi connectivity index (χ1n) is 7.83. The minimum atomic E-state index is -3.24. The Morgan fingerprint density at radius 2 is 2.48 bits per heavy atom. The number of nitrogens with one attached hydrogen (secondary N) is 2. The predicted molar refractivity (Wildman–Crippen MR) is 82.0 cm³/mol. The van der Waals surface area contributed by atoms with Crippen molar-refractivity contribution in [3.63, 3.8) is 0 Å². The summed E-state index contributed by atoms with van der Waals surface area (Å²) in [4.78, 5) is 22.3. The molecule has 0 aliphatic carbocycles. The number of aliphatic hydroxyl groups excluding tert-OH is 1. The molecule has 2 aromatic rings. The van der Waals surface area contributed by atoms with Gasteiger partial charge in [-0.25, -0.2) is 13.8 Å². The molecule has 0 spiro atoms. The van der Waals surface area contributed by atoms with Gasteiger partial charge in [0.25, 0.3) is 11.4 Å². The Hall–Kier alpha value is -2.55. The molecule has 1 aliphatic heterocycles. The van der Waals surface area contributed by atoms with Crippen LogP contribution in [0, 0.1) is 12.3 Å². The standard InChI is InChI=1S/C14H15F2N5O4/c1-3-13(24)10(15)14(16,5-22)25-11(13)21-6-18-7-8(21)19-12(17-4-2)20-9(7)23/h1,6,10-11,22,24H,4-5H2,2H3,(H2,17,19,20,23)/t10-,11+,13+,14+/m0/s1/i2T. The lowest BCUT2D eigenvalue weighted by Gasteiger charge is -2.24. The van der Waals surface area contributed by atoms with Crippen LogP contribution in [0.1, 0.15) is 14.5 Å². The van der Waals surface area contributed by atoms with E-state index in [1.165, 1.54) is 0 Å². The maximum atomic E-state index is 14.4. The Morgan fingerprint density at radius 3 is 3.12 bits per heavy atom. The fraction of sp³-hybridized carbons (Fsp3) is 0.500. The number of aromatic amines is 1. The third-order valence-electron chi connectivity index (χ3n) is 3.87. The van der Waals surface area contributed by atoms with Gasteiger partial charge < -0.3 is 20.3 Å². The second-order valence-electron chi connectivity index (χ2n) is 5.41. The van der Waals surface area contributed by atoms with Crippen LogP contribution < -0.4 is 10.9 Å². The van der Waals surface area contributed by atoms with Crippen molar-refractivity contribution >= 4 is 17.1 Å². The molecule has 0 amide bonds. The number of fused-ring (bicyclic) bond motifs is 1. The highest BCUT2D eigenvalue weighted by atomic mass is 19.2. The molecule has 1 fully saturated rings. The molecule has 25 heavy (non-hydrogen) atoms. The van der Waals surface area contributed by atoms with Crippen molar-refractivity contribution in [1.82, 2.24) is 19.5 Å². The van der Waals surface area contributed by atoms with Crippen molar-refractivity contribution in [3.05, 3.63) is 16.7 Å². The quantitative estimate of drug-likeness (QED) is 0.541. The molecule has 0 unspecified atom stereocenters. The van der Waals surface area contributed by atoms with Gasteiger partial charge in [0.1, 0.15) is 6.61 Å². The van der Waals surface area contributed by atoms with Crippen LogP contribution in [0.5, 0.6) is 0 Å². The first-order chi connectivity index (χ1) is 12.3. The van der Waals surface area contributed by atoms with E-state index < -0.39 is 36.0 Å². The molecule has 1 saturated heterocycles. The highest BCUT2D eigenvalue weighted by Gasteiger charge is 2.66. The Balaban J connectivity index is 2.14. The van der Waals surface area contributed by atoms with Crippen LogP contribution >= 0.6 is 0 Å². The summed E-state index contributed by atoms with van der Waals surface area (Å²) in [6.07, 6.45) is 1.58. The fourth-order valence-corrected chi connectivity index (χ4v) is 2.62. The third-order valence-corrected chi connectivity index (χ3v) is 3.87. The normalized spacial score (nSPS) is 32.5. The van der Waals surface area contributed by atoms with E-state index in [0.29, 0.717) is 0 Å². The van der Waals surface area contributed by atoms with Gasteiger partial charge >= 0.3 is 0 Å². The second kappa shape index (κ2) is 5.76. The van der Waals surface area contributed by atoms with Crippen LogP contribution in [0.15, 0.2) is 11.1 Å². The zero-order chi connectivity index (χ0) is 19.1. The second-order valence-corrected chi connectivity index (χ2v) is 5.41. The molecule has 3 rings (SSSR count). The first-order valence-corrected chi connectivity index (χ1v) is 7.12. The number of hydrogen-bond acceptors (Lipinski definition) is 7. The van der Waals surface area contributed by atoms with E-state index in [-0.39, 0.29) is 30.6 Å². The summed E-state index contributed by atoms with van der Waals surface area (Å²) in [6.45, 7) is -1.19. The molecular formula is C14H15F2N5O4. The largest absolute Gasteiger partial charge is 0.390 e. The fourth-order valence-electron chi connectivity index (χ4n) is 2.62. The monoisotopic (exact) mass is 357 g/mol. The Kier molecular flexibility index (Phi) is 3.68. The lowest BCUT2D eigenvalue weighted by molar-refractivity contribution is -0.195. The van der Waals surface area contributed by atoms with E-state index in [1.54, 1.807) is 5.92 Å². The summed E-state index contributed by atoms with van der Waals surface area (Å²) >= 11 is 0. The molecule has 2 aromatic heterocycles. The van der Waals surface area contributed by atoms with Crippen LogP contribution in [-0.4, -0.2) is 60.5 Å². The molecule has 11 heteroatoms. The molecule has 0 saturated carbocycles. The summed E-state index contributed by atoms with van der Waals surface area (Å²) in [6, 6.07) is 0. The molecule has 9 nitrogen and oxygen atoms in total. The maximum Gasteiger partial charge on any atom is 0.280 e. The van der Waals surface area contributed by atoms with E-state index in [4.69, 9.17) is 17.6 Å². The average molecular weight is 357 g/mol. The maximum absolute atomic E-state index is 14.4. The molecule has 0 aromatic carbocycles. The Labute approximate surface area is 141 Å². The van der Waals surface area contributed by atoms with Gasteiger partial charge in [0.15, 0.2) is 17.4 Å². The summed E-state index contributed by atoms with van der Waals surface area (Å²) in [5, 5.41) is 22.2. The number of aliphatic hydroxyl groups is 2. The summed E-state index contributed by atoms with van der Waals surface area (Å²) in [5.41, 5.74) is -3.77. The summed E-state index contributed by atoms with van der Waals surface area (Å²) < 4.78 is 41.7. The van der Waals surface area contributed by atoms with Crippen LogP contribution in [0.4, 0.5) is 14.7 Å². The lowest BCUT2D eigenvalue weighted by atomic mass is 9.95. The minimum Gasteiger partial charge on any atom is -0.390 e. The summed E-state index contributed by atoms with van der Waals surface area (Å²) in [7, 11) is 0. The van der Waals surface area contributed by atoms with Gasteiger partial charge in [0, 0.05) is 7.92 Å². The number of anilines is 1. The van der Waals surface area contributed by atoms with E-state index in [2.05, 4.69) is 20.3 Å². The molecule has 4 atom stereocenters. The van der Waals surface area contributed by atoms with Gasteiger partial charge in [-0.15, -0.1) is 6.42 Å². The number of H-pyrrole nitrogens is 1. The van der Waals surface area contributed by atoms with Crippen molar-refractivity contribution in [3.8, 4) is 12.3 Å². The SMILES string of the molecule is [3H]CCNc1nc2c(ncn2[C@@H]2O[C@](F)(CO)[C@@H](F)[C@]2(O)C#C)c(=O)[nH]1. The van der Waals surface area contributed by atoms with E-state index in [1.807, 2.05) is 0 Å². The van der Waals surface area contributed by atoms with Crippen LogP contribution in [0.2, 0.25) is 0 Å². The van der Waals surface area contributed by atoms with Crippen molar-refractivity contribution < 1.29 is 25.1 Å². The topological polar surface area (TPSA) is 125 Å². The molecule has 0 bridgehead atoms. The minimum absolute atomic E-state index is 0.00793. The Bertz CT molecular complexity index is 930. The van der Waals surface area contributed by atoms with Gasteiger partial charge in [-0.05, 0) is 6.90 Å². The molecule has 134 valence electrons. The molecule has 1 aliphatic rings. The van der Waals surface area contributed by atoms with E-state index in [0.717, 1.165) is 10.9 Å². The average Bonchev–Trinajstić information content (AvgIpc) is 3.14. The van der Waals surface area contributed by atoms with Gasteiger partial charge in [-0.2, -0.15) is 4.98 Å². The van der Waals surface area contributed by atoms with Gasteiger partial charge in [0.2, 0.25) is 17.7 Å². The van der Waals surface area contributed by atoms with Gasteiger partial charge in [-0.1, -0.05) is 5.92 Å². The highest BCUT2D eigenvalue weighted by molar-refractivity contribution is 5.71. The first kappa shape index (κ1) is 15.9. The van der Waals surface area contributed by atoms with E-state index in [9.17, 15) is 18.7 Å².